The van der Waals surface area contributed by atoms with E-state index in [1.54, 1.807) is 0 Å². The molecule has 1 aliphatic heterocycles. The molecule has 0 aromatic rings. The van der Waals surface area contributed by atoms with E-state index in [-0.39, 0.29) is 5.54 Å². The largest absolute Gasteiger partial charge is 0.315 e. The van der Waals surface area contributed by atoms with Crippen molar-refractivity contribution < 1.29 is 0 Å². The van der Waals surface area contributed by atoms with Crippen LogP contribution in [0.5, 0.6) is 0 Å². The highest BCUT2D eigenvalue weighted by Gasteiger charge is 2.22. The Morgan fingerprint density at radius 3 is 2.62 bits per heavy atom. The summed E-state index contributed by atoms with van der Waals surface area (Å²) in [5.41, 5.74) is 0.253. The topological polar surface area (TPSA) is 27.3 Å². The van der Waals surface area contributed by atoms with E-state index in [9.17, 15) is 0 Å². The van der Waals surface area contributed by atoms with E-state index in [4.69, 9.17) is 0 Å². The summed E-state index contributed by atoms with van der Waals surface area (Å²) < 4.78 is 0. The Balaban J connectivity index is 2.24. The lowest BCUT2D eigenvalue weighted by molar-refractivity contribution is 0.185. The minimum atomic E-state index is 0.253. The first kappa shape index (κ1) is 11.0. The molecule has 0 spiro atoms. The fourth-order valence-electron chi connectivity index (χ4n) is 1.38. The smallest absolute Gasteiger partial charge is 0.0271 e. The normalized spacial score (nSPS) is 24.2. The number of nitrogens with one attached hydrogen (secondary N) is 2. The Bertz CT molecular complexity index is 148. The second kappa shape index (κ2) is 4.40. The van der Waals surface area contributed by atoms with Crippen LogP contribution in [0, 0.1) is 0 Å². The minimum absolute atomic E-state index is 0.253. The van der Waals surface area contributed by atoms with Crippen LogP contribution in [0.2, 0.25) is 0 Å². The summed E-state index contributed by atoms with van der Waals surface area (Å²) in [6, 6.07) is 0.680. The van der Waals surface area contributed by atoms with Crippen molar-refractivity contribution in [1.82, 2.24) is 15.5 Å². The number of rotatable bonds is 4. The Labute approximate surface area is 81.9 Å². The third-order valence-electron chi connectivity index (χ3n) is 3.09. The molecule has 0 bridgehead atoms. The predicted molar refractivity (Wildman–Crippen MR) is 57.0 cm³/mol. The molecule has 1 unspecified atom stereocenters. The van der Waals surface area contributed by atoms with Gasteiger partial charge in [0.2, 0.25) is 0 Å². The van der Waals surface area contributed by atoms with Gasteiger partial charge in [0.05, 0.1) is 0 Å². The van der Waals surface area contributed by atoms with Gasteiger partial charge in [-0.2, -0.15) is 0 Å². The van der Waals surface area contributed by atoms with Gasteiger partial charge in [0.15, 0.2) is 0 Å². The van der Waals surface area contributed by atoms with Crippen molar-refractivity contribution >= 4 is 0 Å². The zero-order chi connectivity index (χ0) is 9.90. The summed E-state index contributed by atoms with van der Waals surface area (Å²) in [5, 5.41) is 6.96. The van der Waals surface area contributed by atoms with Crippen molar-refractivity contribution in [3.05, 3.63) is 0 Å². The van der Waals surface area contributed by atoms with Crippen molar-refractivity contribution in [2.24, 2.45) is 0 Å². The average molecular weight is 185 g/mol. The lowest BCUT2D eigenvalue weighted by Crippen LogP contribution is -2.49. The Kier molecular flexibility index (Phi) is 3.71. The van der Waals surface area contributed by atoms with Crippen LogP contribution < -0.4 is 10.6 Å². The molecule has 3 heteroatoms. The zero-order valence-electron chi connectivity index (χ0n) is 9.35. The molecule has 0 aromatic carbocycles. The summed E-state index contributed by atoms with van der Waals surface area (Å²) in [6.07, 6.45) is 1.27. The van der Waals surface area contributed by atoms with Crippen LogP contribution >= 0.6 is 0 Å². The van der Waals surface area contributed by atoms with E-state index >= 15 is 0 Å². The van der Waals surface area contributed by atoms with E-state index in [1.165, 1.54) is 13.0 Å². The maximum absolute atomic E-state index is 3.60. The molecule has 3 nitrogen and oxygen atoms in total. The minimum Gasteiger partial charge on any atom is -0.315 e. The quantitative estimate of drug-likeness (QED) is 0.659. The van der Waals surface area contributed by atoms with Gasteiger partial charge in [-0.1, -0.05) is 0 Å². The van der Waals surface area contributed by atoms with Crippen molar-refractivity contribution in [1.29, 1.82) is 0 Å². The lowest BCUT2D eigenvalue weighted by Gasteiger charge is -2.33. The first-order chi connectivity index (χ1) is 6.02. The predicted octanol–water partition coefficient (Wildman–Crippen LogP) is 0.278. The highest BCUT2D eigenvalue weighted by Crippen LogP contribution is 2.09. The van der Waals surface area contributed by atoms with Crippen LogP contribution in [0.4, 0.5) is 0 Å². The van der Waals surface area contributed by atoms with Crippen molar-refractivity contribution in [2.75, 3.05) is 33.7 Å². The fourth-order valence-corrected chi connectivity index (χ4v) is 1.38. The van der Waals surface area contributed by atoms with Gasteiger partial charge < -0.3 is 15.5 Å². The first-order valence-corrected chi connectivity index (χ1v) is 5.14. The Morgan fingerprint density at radius 1 is 1.46 bits per heavy atom. The molecule has 1 aliphatic rings. The summed E-state index contributed by atoms with van der Waals surface area (Å²) in [5.74, 6) is 0. The lowest BCUT2D eigenvalue weighted by atomic mass is 10.0. The number of likely N-dealkylation sites (N-methyl/N-ethyl adjacent to an activating group) is 1. The molecule has 0 radical (unpaired) electrons. The first-order valence-electron chi connectivity index (χ1n) is 5.14. The molecular formula is C10H23N3. The Hall–Kier alpha value is -0.120. The standard InChI is InChI=1S/C10H23N3/c1-10(2,13(3)4)8-12-9-5-6-11-7-9/h9,11-12H,5-8H2,1-4H3. The Morgan fingerprint density at radius 2 is 2.15 bits per heavy atom. The molecule has 0 aliphatic carbocycles. The average Bonchev–Trinajstić information content (AvgIpc) is 2.52. The van der Waals surface area contributed by atoms with Crippen molar-refractivity contribution in [2.45, 2.75) is 31.8 Å². The second-order valence-electron chi connectivity index (χ2n) is 4.78. The van der Waals surface area contributed by atoms with Crippen molar-refractivity contribution in [3.8, 4) is 0 Å². The third kappa shape index (κ3) is 3.25. The number of hydrogen-bond acceptors (Lipinski definition) is 3. The molecule has 1 saturated heterocycles. The van der Waals surface area contributed by atoms with Crippen molar-refractivity contribution in [3.63, 3.8) is 0 Å². The maximum atomic E-state index is 3.60. The van der Waals surface area contributed by atoms with Crippen LogP contribution in [0.15, 0.2) is 0 Å². The summed E-state index contributed by atoms with van der Waals surface area (Å²) in [7, 11) is 4.27. The van der Waals surface area contributed by atoms with E-state index < -0.39 is 0 Å². The molecule has 0 saturated carbocycles. The van der Waals surface area contributed by atoms with Crippen LogP contribution in [-0.2, 0) is 0 Å². The van der Waals surface area contributed by atoms with Gasteiger partial charge in [0.25, 0.3) is 0 Å². The molecule has 78 valence electrons. The van der Waals surface area contributed by atoms with Crippen LogP contribution in [0.3, 0.4) is 0 Å². The van der Waals surface area contributed by atoms with Gasteiger partial charge in [-0.15, -0.1) is 0 Å². The number of hydrogen-bond donors (Lipinski definition) is 2. The van der Waals surface area contributed by atoms with Gasteiger partial charge in [0.1, 0.15) is 0 Å². The van der Waals surface area contributed by atoms with E-state index in [2.05, 4.69) is 43.5 Å². The highest BCUT2D eigenvalue weighted by molar-refractivity contribution is 4.84. The summed E-state index contributed by atoms with van der Waals surface area (Å²) >= 11 is 0. The second-order valence-corrected chi connectivity index (χ2v) is 4.78. The van der Waals surface area contributed by atoms with Gasteiger partial charge in [-0.05, 0) is 40.9 Å². The molecule has 1 rings (SSSR count). The summed E-state index contributed by atoms with van der Waals surface area (Å²) in [6.45, 7) is 7.89. The van der Waals surface area contributed by atoms with E-state index in [0.717, 1.165) is 13.1 Å². The van der Waals surface area contributed by atoms with Crippen LogP contribution in [0.1, 0.15) is 20.3 Å². The van der Waals surface area contributed by atoms with Crippen LogP contribution in [0.25, 0.3) is 0 Å². The monoisotopic (exact) mass is 185 g/mol. The molecule has 1 atom stereocenters. The number of nitrogens with zero attached hydrogens (tertiary/aromatic N) is 1. The van der Waals surface area contributed by atoms with Gasteiger partial charge in [-0.25, -0.2) is 0 Å². The molecule has 2 N–H and O–H groups in total. The highest BCUT2D eigenvalue weighted by atomic mass is 15.2. The van der Waals surface area contributed by atoms with Crippen LogP contribution in [-0.4, -0.2) is 50.2 Å². The zero-order valence-corrected chi connectivity index (χ0v) is 9.35. The third-order valence-corrected chi connectivity index (χ3v) is 3.09. The fraction of sp³-hybridized carbons (Fsp3) is 1.00. The molecule has 13 heavy (non-hydrogen) atoms. The molecule has 0 amide bonds. The van der Waals surface area contributed by atoms with E-state index in [1.807, 2.05) is 0 Å². The van der Waals surface area contributed by atoms with E-state index in [0.29, 0.717) is 6.04 Å². The molecule has 0 aromatic heterocycles. The van der Waals surface area contributed by atoms with Gasteiger partial charge >= 0.3 is 0 Å². The summed E-state index contributed by atoms with van der Waals surface area (Å²) in [4.78, 5) is 2.27. The molecular weight excluding hydrogens is 162 g/mol. The SMILES string of the molecule is CN(C)C(C)(C)CNC1CCNC1. The maximum Gasteiger partial charge on any atom is 0.0271 e. The molecule has 1 fully saturated rings. The molecule has 1 heterocycles. The van der Waals surface area contributed by atoms with Gasteiger partial charge in [-0.3, -0.25) is 0 Å². The van der Waals surface area contributed by atoms with Gasteiger partial charge in [0, 0.05) is 24.7 Å².